The van der Waals surface area contributed by atoms with Gasteiger partial charge in [0.05, 0.1) is 24.3 Å². The van der Waals surface area contributed by atoms with E-state index in [-0.39, 0.29) is 36.6 Å². The van der Waals surface area contributed by atoms with E-state index < -0.39 is 9.84 Å². The molecule has 0 saturated carbocycles. The Balaban J connectivity index is 1.72. The van der Waals surface area contributed by atoms with Crippen LogP contribution in [0.4, 0.5) is 0 Å². The highest BCUT2D eigenvalue weighted by atomic mass is 35.5. The molecular weight excluding hydrogens is 390 g/mol. The van der Waals surface area contributed by atoms with Gasteiger partial charge in [0, 0.05) is 11.1 Å². The summed E-state index contributed by atoms with van der Waals surface area (Å²) in [5.74, 6) is 0.943. The SMILES string of the molecule is Cc1cc(OCC(=O)N(Cc2ccco2)[C@@H]2CCS(=O)(=O)C2)cc(C)c1Cl. The number of benzene rings is 1. The monoisotopic (exact) mass is 411 g/mol. The van der Waals surface area contributed by atoms with E-state index in [2.05, 4.69) is 0 Å². The van der Waals surface area contributed by atoms with Gasteiger partial charge in [-0.05, 0) is 55.7 Å². The molecule has 0 radical (unpaired) electrons. The number of furan rings is 1. The second kappa shape index (κ2) is 7.94. The molecule has 1 amide bonds. The zero-order chi connectivity index (χ0) is 19.6. The maximum absolute atomic E-state index is 12.8. The van der Waals surface area contributed by atoms with Crippen LogP contribution >= 0.6 is 11.6 Å². The van der Waals surface area contributed by atoms with Crippen LogP contribution in [0.3, 0.4) is 0 Å². The van der Waals surface area contributed by atoms with E-state index in [1.807, 2.05) is 13.8 Å². The first-order valence-corrected chi connectivity index (χ1v) is 10.9. The van der Waals surface area contributed by atoms with Crippen LogP contribution in [-0.2, 0) is 21.2 Å². The van der Waals surface area contributed by atoms with E-state index in [1.165, 1.54) is 6.26 Å². The summed E-state index contributed by atoms with van der Waals surface area (Å²) in [5, 5.41) is 0.671. The first kappa shape index (κ1) is 19.8. The van der Waals surface area contributed by atoms with Crippen molar-refractivity contribution in [3.05, 3.63) is 52.4 Å². The lowest BCUT2D eigenvalue weighted by Gasteiger charge is -2.27. The quantitative estimate of drug-likeness (QED) is 0.729. The van der Waals surface area contributed by atoms with Crippen molar-refractivity contribution in [2.24, 2.45) is 0 Å². The molecule has 8 heteroatoms. The van der Waals surface area contributed by atoms with Gasteiger partial charge in [-0.2, -0.15) is 0 Å². The molecule has 2 aromatic rings. The Morgan fingerprint density at radius 2 is 2.04 bits per heavy atom. The third-order valence-corrected chi connectivity index (χ3v) is 6.99. The molecule has 1 aromatic heterocycles. The largest absolute Gasteiger partial charge is 0.484 e. The van der Waals surface area contributed by atoms with Gasteiger partial charge in [0.2, 0.25) is 0 Å². The maximum Gasteiger partial charge on any atom is 0.261 e. The van der Waals surface area contributed by atoms with E-state index in [0.717, 1.165) is 11.1 Å². The molecule has 0 unspecified atom stereocenters. The smallest absolute Gasteiger partial charge is 0.261 e. The van der Waals surface area contributed by atoms with Crippen LogP contribution in [0.25, 0.3) is 0 Å². The van der Waals surface area contributed by atoms with Crippen LogP contribution in [0.5, 0.6) is 5.75 Å². The zero-order valence-corrected chi connectivity index (χ0v) is 16.8. The summed E-state index contributed by atoms with van der Waals surface area (Å²) in [6.07, 6.45) is 1.95. The highest BCUT2D eigenvalue weighted by Crippen LogP contribution is 2.26. The van der Waals surface area contributed by atoms with Gasteiger partial charge in [-0.25, -0.2) is 8.42 Å². The van der Waals surface area contributed by atoms with Gasteiger partial charge in [0.25, 0.3) is 5.91 Å². The summed E-state index contributed by atoms with van der Waals surface area (Å²) < 4.78 is 34.7. The average Bonchev–Trinajstić information content (AvgIpc) is 3.24. The molecule has 1 saturated heterocycles. The third kappa shape index (κ3) is 4.84. The molecule has 0 bridgehead atoms. The van der Waals surface area contributed by atoms with Gasteiger partial charge in [0.15, 0.2) is 16.4 Å². The number of halogens is 1. The van der Waals surface area contributed by atoms with Crippen molar-refractivity contribution >= 4 is 27.3 Å². The second-order valence-corrected chi connectivity index (χ2v) is 9.42. The van der Waals surface area contributed by atoms with E-state index in [4.69, 9.17) is 20.8 Å². The van der Waals surface area contributed by atoms with Gasteiger partial charge in [0.1, 0.15) is 11.5 Å². The lowest BCUT2D eigenvalue weighted by Crippen LogP contribution is -2.43. The molecule has 146 valence electrons. The number of carbonyl (C=O) groups excluding carboxylic acids is 1. The molecule has 0 spiro atoms. The molecule has 1 aromatic carbocycles. The first-order valence-electron chi connectivity index (χ1n) is 8.67. The molecule has 1 fully saturated rings. The Bertz CT molecular complexity index is 901. The number of sulfone groups is 1. The maximum atomic E-state index is 12.8. The number of rotatable bonds is 6. The Labute approximate surface area is 164 Å². The highest BCUT2D eigenvalue weighted by molar-refractivity contribution is 7.91. The summed E-state index contributed by atoms with van der Waals surface area (Å²) >= 11 is 6.16. The summed E-state index contributed by atoms with van der Waals surface area (Å²) in [6.45, 7) is 3.78. The molecule has 0 N–H and O–H groups in total. The predicted octanol–water partition coefficient (Wildman–Crippen LogP) is 3.14. The molecule has 2 heterocycles. The van der Waals surface area contributed by atoms with Crippen molar-refractivity contribution in [1.82, 2.24) is 4.90 Å². The molecule has 3 rings (SSSR count). The highest BCUT2D eigenvalue weighted by Gasteiger charge is 2.35. The normalized spacial score (nSPS) is 18.4. The Morgan fingerprint density at radius 1 is 1.33 bits per heavy atom. The molecule has 1 aliphatic rings. The summed E-state index contributed by atoms with van der Waals surface area (Å²) in [6, 6.07) is 6.68. The van der Waals surface area contributed by atoms with Crippen LogP contribution in [0.1, 0.15) is 23.3 Å². The zero-order valence-electron chi connectivity index (χ0n) is 15.3. The minimum Gasteiger partial charge on any atom is -0.484 e. The van der Waals surface area contributed by atoms with Gasteiger partial charge in [-0.1, -0.05) is 11.6 Å². The number of carbonyl (C=O) groups is 1. The fraction of sp³-hybridized carbons (Fsp3) is 0.421. The topological polar surface area (TPSA) is 76.8 Å². The van der Waals surface area contributed by atoms with Gasteiger partial charge in [-0.15, -0.1) is 0 Å². The number of hydrogen-bond donors (Lipinski definition) is 0. The van der Waals surface area contributed by atoms with Crippen molar-refractivity contribution in [2.75, 3.05) is 18.1 Å². The first-order chi connectivity index (χ1) is 12.7. The van der Waals surface area contributed by atoms with Gasteiger partial charge in [-0.3, -0.25) is 4.79 Å². The third-order valence-electron chi connectivity index (χ3n) is 4.65. The van der Waals surface area contributed by atoms with Crippen molar-refractivity contribution in [3.63, 3.8) is 0 Å². The number of aryl methyl sites for hydroxylation is 2. The van der Waals surface area contributed by atoms with Crippen LogP contribution in [-0.4, -0.2) is 43.4 Å². The Hall–Kier alpha value is -1.99. The number of ether oxygens (including phenoxy) is 1. The fourth-order valence-corrected chi connectivity index (χ4v) is 5.07. The van der Waals surface area contributed by atoms with E-state index in [1.54, 1.807) is 29.2 Å². The summed E-state index contributed by atoms with van der Waals surface area (Å²) in [7, 11) is -3.12. The fourth-order valence-electron chi connectivity index (χ4n) is 3.23. The minimum absolute atomic E-state index is 0.0292. The Kier molecular flexibility index (Phi) is 5.81. The molecule has 0 aliphatic carbocycles. The lowest BCUT2D eigenvalue weighted by molar-refractivity contribution is -0.136. The molecular formula is C19H22ClNO5S. The molecule has 1 atom stereocenters. The predicted molar refractivity (Wildman–Crippen MR) is 103 cm³/mol. The van der Waals surface area contributed by atoms with Crippen LogP contribution in [0.2, 0.25) is 5.02 Å². The standard InChI is InChI=1S/C19H22ClNO5S/c1-13-8-17(9-14(2)19(13)20)26-11-18(22)21(10-16-4-3-6-25-16)15-5-7-27(23,24)12-15/h3-4,6,8-9,15H,5,7,10-12H2,1-2H3/t15-/m1/s1. The lowest BCUT2D eigenvalue weighted by atomic mass is 10.1. The molecule has 27 heavy (non-hydrogen) atoms. The molecule has 1 aliphatic heterocycles. The summed E-state index contributed by atoms with van der Waals surface area (Å²) in [4.78, 5) is 14.4. The number of amides is 1. The van der Waals surface area contributed by atoms with Gasteiger partial charge < -0.3 is 14.1 Å². The van der Waals surface area contributed by atoms with Crippen LogP contribution in [0, 0.1) is 13.8 Å². The average molecular weight is 412 g/mol. The van der Waals surface area contributed by atoms with E-state index in [0.29, 0.717) is 23.0 Å². The van der Waals surface area contributed by atoms with Crippen molar-refractivity contribution in [1.29, 1.82) is 0 Å². The van der Waals surface area contributed by atoms with E-state index >= 15 is 0 Å². The Morgan fingerprint density at radius 3 is 2.59 bits per heavy atom. The van der Waals surface area contributed by atoms with Crippen molar-refractivity contribution in [3.8, 4) is 5.75 Å². The summed E-state index contributed by atoms with van der Waals surface area (Å²) in [5.41, 5.74) is 1.74. The number of nitrogens with zero attached hydrogens (tertiary/aromatic N) is 1. The minimum atomic E-state index is -3.12. The van der Waals surface area contributed by atoms with Crippen molar-refractivity contribution < 1.29 is 22.4 Å². The molecule has 6 nitrogen and oxygen atoms in total. The van der Waals surface area contributed by atoms with E-state index in [9.17, 15) is 13.2 Å². The van der Waals surface area contributed by atoms with Crippen LogP contribution < -0.4 is 4.74 Å². The van der Waals surface area contributed by atoms with Gasteiger partial charge >= 0.3 is 0 Å². The second-order valence-electron chi connectivity index (χ2n) is 6.82. The van der Waals surface area contributed by atoms with Crippen LogP contribution in [0.15, 0.2) is 34.9 Å². The number of hydrogen-bond acceptors (Lipinski definition) is 5. The van der Waals surface area contributed by atoms with Crippen molar-refractivity contribution in [2.45, 2.75) is 32.9 Å².